The average Bonchev–Trinajstić information content (AvgIpc) is 2.55. The van der Waals surface area contributed by atoms with Crippen LogP contribution < -0.4 is 5.32 Å². The van der Waals surface area contributed by atoms with Gasteiger partial charge in [0.25, 0.3) is 0 Å². The third kappa shape index (κ3) is 9.27. The fourth-order valence-corrected chi connectivity index (χ4v) is 3.12. The van der Waals surface area contributed by atoms with Gasteiger partial charge in [0.15, 0.2) is 0 Å². The molecule has 0 saturated heterocycles. The fraction of sp³-hybridized carbons (Fsp3) is 0.591. The summed E-state index contributed by atoms with van der Waals surface area (Å²) >= 11 is 0. The van der Waals surface area contributed by atoms with Crippen LogP contribution >= 0.6 is 0 Å². The predicted molar refractivity (Wildman–Crippen MR) is 105 cm³/mol. The Bertz CT molecular complexity index is 690. The molecule has 0 saturated carbocycles. The average molecular weight is 397 g/mol. The first-order valence-corrected chi connectivity index (χ1v) is 9.61. The lowest BCUT2D eigenvalue weighted by Gasteiger charge is -2.26. The summed E-state index contributed by atoms with van der Waals surface area (Å²) < 4.78 is 36.4. The van der Waals surface area contributed by atoms with Crippen molar-refractivity contribution in [3.8, 4) is 11.8 Å². The van der Waals surface area contributed by atoms with E-state index in [1.807, 2.05) is 57.3 Å². The number of aryl methyl sites for hydroxylation is 1. The minimum absolute atomic E-state index is 0.0449. The SMILES string of the molecule is CC(C)CC(O)(C#Cc1cccc(CCCNC(=O)C(F)(F)F)c1)CC(C)C. The van der Waals surface area contributed by atoms with Crippen molar-refractivity contribution in [3.63, 3.8) is 0 Å². The van der Waals surface area contributed by atoms with Crippen LogP contribution in [-0.4, -0.2) is 29.3 Å². The summed E-state index contributed by atoms with van der Waals surface area (Å²) in [4.78, 5) is 10.8. The Kier molecular flexibility index (Phi) is 9.03. The van der Waals surface area contributed by atoms with Gasteiger partial charge in [0.1, 0.15) is 5.60 Å². The first kappa shape index (κ1) is 24.0. The van der Waals surface area contributed by atoms with E-state index in [0.717, 1.165) is 11.1 Å². The van der Waals surface area contributed by atoms with Crippen molar-refractivity contribution in [2.24, 2.45) is 11.8 Å². The quantitative estimate of drug-likeness (QED) is 0.502. The molecule has 28 heavy (non-hydrogen) atoms. The van der Waals surface area contributed by atoms with Crippen molar-refractivity contribution in [1.29, 1.82) is 0 Å². The summed E-state index contributed by atoms with van der Waals surface area (Å²) in [5, 5.41) is 12.7. The highest BCUT2D eigenvalue weighted by Gasteiger charge is 2.38. The van der Waals surface area contributed by atoms with Gasteiger partial charge in [-0.1, -0.05) is 51.7 Å². The van der Waals surface area contributed by atoms with Gasteiger partial charge in [-0.15, -0.1) is 0 Å². The van der Waals surface area contributed by atoms with Gasteiger partial charge < -0.3 is 10.4 Å². The van der Waals surface area contributed by atoms with Crippen LogP contribution in [0.25, 0.3) is 0 Å². The van der Waals surface area contributed by atoms with Gasteiger partial charge >= 0.3 is 12.1 Å². The third-order valence-electron chi connectivity index (χ3n) is 4.04. The molecular formula is C22H30F3NO2. The van der Waals surface area contributed by atoms with Gasteiger partial charge in [0.05, 0.1) is 0 Å². The van der Waals surface area contributed by atoms with E-state index >= 15 is 0 Å². The Morgan fingerprint density at radius 1 is 1.14 bits per heavy atom. The van der Waals surface area contributed by atoms with Crippen LogP contribution in [-0.2, 0) is 11.2 Å². The van der Waals surface area contributed by atoms with Gasteiger partial charge in [0.2, 0.25) is 0 Å². The monoisotopic (exact) mass is 397 g/mol. The lowest BCUT2D eigenvalue weighted by molar-refractivity contribution is -0.173. The number of hydrogen-bond acceptors (Lipinski definition) is 2. The lowest BCUT2D eigenvalue weighted by Crippen LogP contribution is -2.37. The second-order valence-electron chi connectivity index (χ2n) is 8.04. The van der Waals surface area contributed by atoms with Crippen LogP contribution in [0.2, 0.25) is 0 Å². The summed E-state index contributed by atoms with van der Waals surface area (Å²) in [5.74, 6) is 4.79. The first-order valence-electron chi connectivity index (χ1n) is 9.61. The molecule has 6 heteroatoms. The van der Waals surface area contributed by atoms with Crippen molar-refractivity contribution in [3.05, 3.63) is 35.4 Å². The van der Waals surface area contributed by atoms with Gasteiger partial charge in [-0.2, -0.15) is 13.2 Å². The molecule has 1 amide bonds. The summed E-state index contributed by atoms with van der Waals surface area (Å²) in [5.41, 5.74) is 0.632. The molecule has 2 N–H and O–H groups in total. The highest BCUT2D eigenvalue weighted by molar-refractivity contribution is 5.81. The van der Waals surface area contributed by atoms with Crippen LogP contribution in [0, 0.1) is 23.7 Å². The van der Waals surface area contributed by atoms with Gasteiger partial charge in [0, 0.05) is 12.1 Å². The van der Waals surface area contributed by atoms with E-state index in [4.69, 9.17) is 0 Å². The molecule has 0 atom stereocenters. The smallest absolute Gasteiger partial charge is 0.378 e. The Hall–Kier alpha value is -2.00. The summed E-state index contributed by atoms with van der Waals surface area (Å²) in [7, 11) is 0. The predicted octanol–water partition coefficient (Wildman–Crippen LogP) is 4.47. The highest BCUT2D eigenvalue weighted by Crippen LogP contribution is 2.24. The molecule has 0 aromatic heterocycles. The maximum absolute atomic E-state index is 12.1. The van der Waals surface area contributed by atoms with Crippen molar-refractivity contribution in [2.75, 3.05) is 6.54 Å². The molecule has 0 aliphatic heterocycles. The van der Waals surface area contributed by atoms with Crippen molar-refractivity contribution in [1.82, 2.24) is 5.32 Å². The third-order valence-corrected chi connectivity index (χ3v) is 4.04. The second kappa shape index (κ2) is 10.5. The van der Waals surface area contributed by atoms with E-state index in [2.05, 4.69) is 11.8 Å². The Morgan fingerprint density at radius 3 is 2.29 bits per heavy atom. The maximum Gasteiger partial charge on any atom is 0.471 e. The Balaban J connectivity index is 2.72. The Labute approximate surface area is 165 Å². The zero-order chi connectivity index (χ0) is 21.4. The molecule has 0 aliphatic rings. The number of amides is 1. The molecule has 0 spiro atoms. The number of alkyl halides is 3. The topological polar surface area (TPSA) is 49.3 Å². The fourth-order valence-electron chi connectivity index (χ4n) is 3.12. The van der Waals surface area contributed by atoms with Crippen molar-refractivity contribution >= 4 is 5.91 Å². The van der Waals surface area contributed by atoms with Crippen LogP contribution in [0.15, 0.2) is 24.3 Å². The maximum atomic E-state index is 12.1. The summed E-state index contributed by atoms with van der Waals surface area (Å²) in [6, 6.07) is 7.40. The zero-order valence-corrected chi connectivity index (χ0v) is 17.0. The summed E-state index contributed by atoms with van der Waals surface area (Å²) in [6.07, 6.45) is -2.74. The van der Waals surface area contributed by atoms with E-state index in [1.165, 1.54) is 0 Å². The van der Waals surface area contributed by atoms with Crippen LogP contribution in [0.3, 0.4) is 0 Å². The number of hydrogen-bond donors (Lipinski definition) is 2. The van der Waals surface area contributed by atoms with Crippen LogP contribution in [0.5, 0.6) is 0 Å². The molecule has 0 unspecified atom stereocenters. The number of carbonyl (C=O) groups excluding carboxylic acids is 1. The number of nitrogens with one attached hydrogen (secondary N) is 1. The number of carbonyl (C=O) groups is 1. The van der Waals surface area contributed by atoms with Crippen LogP contribution in [0.1, 0.15) is 58.1 Å². The number of benzene rings is 1. The van der Waals surface area contributed by atoms with E-state index in [0.29, 0.717) is 37.5 Å². The van der Waals surface area contributed by atoms with Gasteiger partial charge in [-0.25, -0.2) is 0 Å². The standard InChI is InChI=1S/C22H30F3NO2/c1-16(2)14-21(28,15-17(3)4)11-10-19-8-5-7-18(13-19)9-6-12-26-20(27)22(23,24)25/h5,7-8,13,16-17,28H,6,9,12,14-15H2,1-4H3,(H,26,27). The van der Waals surface area contributed by atoms with Gasteiger partial charge in [-0.3, -0.25) is 4.79 Å². The van der Waals surface area contributed by atoms with Crippen LogP contribution in [0.4, 0.5) is 13.2 Å². The molecule has 1 aromatic carbocycles. The summed E-state index contributed by atoms with van der Waals surface area (Å²) in [6.45, 7) is 8.14. The molecular weight excluding hydrogens is 367 g/mol. The minimum atomic E-state index is -4.85. The highest BCUT2D eigenvalue weighted by atomic mass is 19.4. The molecule has 3 nitrogen and oxygen atoms in total. The molecule has 0 bridgehead atoms. The van der Waals surface area contributed by atoms with E-state index in [-0.39, 0.29) is 6.54 Å². The normalized spacial score (nSPS) is 12.1. The minimum Gasteiger partial charge on any atom is -0.378 e. The molecule has 0 fully saturated rings. The van der Waals surface area contributed by atoms with Crippen molar-refractivity contribution < 1.29 is 23.1 Å². The molecule has 0 aliphatic carbocycles. The molecule has 1 rings (SSSR count). The lowest BCUT2D eigenvalue weighted by atomic mass is 9.85. The first-order chi connectivity index (χ1) is 12.9. The second-order valence-corrected chi connectivity index (χ2v) is 8.04. The number of aliphatic hydroxyl groups is 1. The zero-order valence-electron chi connectivity index (χ0n) is 17.0. The van der Waals surface area contributed by atoms with E-state index in [9.17, 15) is 23.1 Å². The molecule has 1 aromatic rings. The van der Waals surface area contributed by atoms with Gasteiger partial charge in [-0.05, 0) is 55.2 Å². The molecule has 0 radical (unpaired) electrons. The largest absolute Gasteiger partial charge is 0.471 e. The molecule has 0 heterocycles. The number of rotatable bonds is 8. The van der Waals surface area contributed by atoms with E-state index < -0.39 is 17.7 Å². The number of halogens is 3. The Morgan fingerprint density at radius 2 is 1.75 bits per heavy atom. The van der Waals surface area contributed by atoms with Crippen molar-refractivity contribution in [2.45, 2.75) is 65.2 Å². The molecule has 156 valence electrons. The van der Waals surface area contributed by atoms with E-state index in [1.54, 1.807) is 0 Å².